The van der Waals surface area contributed by atoms with E-state index < -0.39 is 0 Å². The molecule has 2 fully saturated rings. The van der Waals surface area contributed by atoms with Crippen molar-refractivity contribution in [2.45, 2.75) is 39.5 Å². The molecular formula is C24H26Cl2N2O4. The molecule has 1 aromatic heterocycles. The molecule has 1 aromatic carbocycles. The number of carbonyl (C=O) groups excluding carboxylic acids is 3. The molecule has 32 heavy (non-hydrogen) atoms. The first-order valence-corrected chi connectivity index (χ1v) is 11.6. The van der Waals surface area contributed by atoms with Gasteiger partial charge in [-0.2, -0.15) is 0 Å². The van der Waals surface area contributed by atoms with Gasteiger partial charge in [-0.15, -0.1) is 0 Å². The summed E-state index contributed by atoms with van der Waals surface area (Å²) in [5, 5.41) is 1.01. The third kappa shape index (κ3) is 4.86. The second-order valence-corrected chi connectivity index (χ2v) is 9.53. The maximum absolute atomic E-state index is 12.8. The monoisotopic (exact) mass is 476 g/mol. The summed E-state index contributed by atoms with van der Waals surface area (Å²) in [6, 6.07) is 6.99. The number of hydrogen-bond donors (Lipinski definition) is 0. The number of nitrogens with zero attached hydrogens (tertiary/aromatic N) is 2. The molecule has 0 N–H and O–H groups in total. The number of amides is 1. The molecule has 8 heteroatoms. The number of ketones is 1. The molecule has 2 heterocycles. The molecule has 0 spiro atoms. The molecule has 2 aromatic rings. The molecule has 170 valence electrons. The molecule has 0 unspecified atom stereocenters. The van der Waals surface area contributed by atoms with E-state index >= 15 is 0 Å². The van der Waals surface area contributed by atoms with E-state index in [1.54, 1.807) is 24.3 Å². The third-order valence-corrected chi connectivity index (χ3v) is 6.69. The molecule has 1 aliphatic carbocycles. The van der Waals surface area contributed by atoms with Crippen LogP contribution in [0, 0.1) is 25.7 Å². The number of likely N-dealkylation sites (tertiary alicyclic amines) is 1. The second-order valence-electron chi connectivity index (χ2n) is 8.65. The van der Waals surface area contributed by atoms with Gasteiger partial charge >= 0.3 is 5.97 Å². The van der Waals surface area contributed by atoms with Gasteiger partial charge in [-0.1, -0.05) is 23.2 Å². The third-order valence-electron chi connectivity index (χ3n) is 6.25. The van der Waals surface area contributed by atoms with Crippen molar-refractivity contribution in [3.05, 3.63) is 51.3 Å². The van der Waals surface area contributed by atoms with Crippen molar-refractivity contribution in [1.82, 2.24) is 9.47 Å². The first kappa shape index (κ1) is 22.9. The smallest absolute Gasteiger partial charge is 0.309 e. The average Bonchev–Trinajstić information content (AvgIpc) is 3.55. The van der Waals surface area contributed by atoms with Crippen molar-refractivity contribution < 1.29 is 19.1 Å². The predicted molar refractivity (Wildman–Crippen MR) is 123 cm³/mol. The van der Waals surface area contributed by atoms with Crippen LogP contribution in [0.3, 0.4) is 0 Å². The van der Waals surface area contributed by atoms with E-state index in [1.165, 1.54) is 0 Å². The lowest BCUT2D eigenvalue weighted by Crippen LogP contribution is -2.41. The number of ether oxygens (including phenoxy) is 1. The Balaban J connectivity index is 1.36. The molecule has 2 aliphatic rings. The minimum atomic E-state index is -0.368. The Morgan fingerprint density at radius 3 is 2.16 bits per heavy atom. The van der Waals surface area contributed by atoms with Crippen LogP contribution in [0.2, 0.25) is 10.0 Å². The highest BCUT2D eigenvalue weighted by atomic mass is 35.5. The highest BCUT2D eigenvalue weighted by molar-refractivity contribution is 6.34. The van der Waals surface area contributed by atoms with E-state index in [-0.39, 0.29) is 36.1 Å². The molecule has 1 saturated heterocycles. The van der Waals surface area contributed by atoms with Gasteiger partial charge in [-0.3, -0.25) is 14.4 Å². The van der Waals surface area contributed by atoms with Crippen LogP contribution in [0.25, 0.3) is 5.69 Å². The van der Waals surface area contributed by atoms with Gasteiger partial charge in [0.1, 0.15) is 0 Å². The lowest BCUT2D eigenvalue weighted by Gasteiger charge is -2.31. The highest BCUT2D eigenvalue weighted by Gasteiger charge is 2.36. The number of benzene rings is 1. The number of halogens is 2. The zero-order valence-electron chi connectivity index (χ0n) is 18.2. The summed E-state index contributed by atoms with van der Waals surface area (Å²) in [4.78, 5) is 39.3. The molecule has 1 saturated carbocycles. The van der Waals surface area contributed by atoms with Crippen LogP contribution in [0.15, 0.2) is 24.3 Å². The standard InChI is InChI=1S/C24H26Cl2N2O4/c1-14-9-21(15(2)28(14)20-11-18(25)10-19(26)12-20)22(29)13-32-24(31)17-5-7-27(8-6-17)23(30)16-3-4-16/h9-12,16-17H,3-8,13H2,1-2H3. The maximum atomic E-state index is 12.8. The quantitative estimate of drug-likeness (QED) is 0.444. The Kier molecular flexibility index (Phi) is 6.63. The molecule has 0 atom stereocenters. The Labute approximate surface area is 197 Å². The predicted octanol–water partition coefficient (Wildman–Crippen LogP) is 4.78. The van der Waals surface area contributed by atoms with Gasteiger partial charge in [-0.25, -0.2) is 0 Å². The van der Waals surface area contributed by atoms with Crippen molar-refractivity contribution in [3.8, 4) is 5.69 Å². The van der Waals surface area contributed by atoms with Gasteiger partial charge in [0.25, 0.3) is 0 Å². The Morgan fingerprint density at radius 2 is 1.56 bits per heavy atom. The minimum Gasteiger partial charge on any atom is -0.457 e. The van der Waals surface area contributed by atoms with E-state index in [0.29, 0.717) is 41.5 Å². The van der Waals surface area contributed by atoms with E-state index in [4.69, 9.17) is 27.9 Å². The van der Waals surface area contributed by atoms with E-state index in [9.17, 15) is 14.4 Å². The number of esters is 1. The van der Waals surface area contributed by atoms with Gasteiger partial charge in [0, 0.05) is 51.7 Å². The Morgan fingerprint density at radius 1 is 0.938 bits per heavy atom. The normalized spacial score (nSPS) is 16.8. The van der Waals surface area contributed by atoms with E-state index in [1.807, 2.05) is 23.3 Å². The zero-order valence-corrected chi connectivity index (χ0v) is 19.7. The maximum Gasteiger partial charge on any atom is 0.309 e. The van der Waals surface area contributed by atoms with Crippen LogP contribution in [-0.2, 0) is 14.3 Å². The van der Waals surface area contributed by atoms with Crippen LogP contribution in [0.5, 0.6) is 0 Å². The van der Waals surface area contributed by atoms with Crippen molar-refractivity contribution in [2.75, 3.05) is 19.7 Å². The molecule has 0 bridgehead atoms. The fourth-order valence-corrected chi connectivity index (χ4v) is 4.88. The van der Waals surface area contributed by atoms with Gasteiger partial charge in [-0.05, 0) is 63.8 Å². The molecule has 1 aliphatic heterocycles. The van der Waals surface area contributed by atoms with Crippen molar-refractivity contribution in [1.29, 1.82) is 0 Å². The van der Waals surface area contributed by atoms with Gasteiger partial charge < -0.3 is 14.2 Å². The SMILES string of the molecule is Cc1cc(C(=O)COC(=O)C2CCN(C(=O)C3CC3)CC2)c(C)n1-c1cc(Cl)cc(Cl)c1. The van der Waals surface area contributed by atoms with Crippen LogP contribution in [0.4, 0.5) is 0 Å². The summed E-state index contributed by atoms with van der Waals surface area (Å²) in [6.07, 6.45) is 3.12. The van der Waals surface area contributed by atoms with E-state index in [2.05, 4.69) is 0 Å². The Hall–Kier alpha value is -2.31. The summed E-state index contributed by atoms with van der Waals surface area (Å²) >= 11 is 12.3. The number of piperidine rings is 1. The lowest BCUT2D eigenvalue weighted by molar-refractivity contribution is -0.150. The largest absolute Gasteiger partial charge is 0.457 e. The fourth-order valence-electron chi connectivity index (χ4n) is 4.37. The molecular weight excluding hydrogens is 451 g/mol. The minimum absolute atomic E-state index is 0.193. The summed E-state index contributed by atoms with van der Waals surface area (Å²) in [5.74, 6) is -0.493. The fraction of sp³-hybridized carbons (Fsp3) is 0.458. The van der Waals surface area contributed by atoms with Crippen LogP contribution in [0.1, 0.15) is 47.4 Å². The summed E-state index contributed by atoms with van der Waals surface area (Å²) in [5.41, 5.74) is 2.84. The molecule has 4 rings (SSSR count). The molecule has 6 nitrogen and oxygen atoms in total. The number of hydrogen-bond acceptors (Lipinski definition) is 4. The number of carbonyl (C=O) groups is 3. The summed E-state index contributed by atoms with van der Waals surface area (Å²) in [7, 11) is 0. The molecule has 0 radical (unpaired) electrons. The van der Waals surface area contributed by atoms with Gasteiger partial charge in [0.05, 0.1) is 5.92 Å². The summed E-state index contributed by atoms with van der Waals surface area (Å²) < 4.78 is 7.26. The van der Waals surface area contributed by atoms with Gasteiger partial charge in [0.2, 0.25) is 11.7 Å². The summed E-state index contributed by atoms with van der Waals surface area (Å²) in [6.45, 7) is 4.57. The Bertz CT molecular complexity index is 1050. The number of Topliss-reactive ketones (excluding diaryl/α,β-unsaturated/α-hetero) is 1. The van der Waals surface area contributed by atoms with Crippen molar-refractivity contribution in [3.63, 3.8) is 0 Å². The van der Waals surface area contributed by atoms with E-state index in [0.717, 1.165) is 29.9 Å². The first-order chi connectivity index (χ1) is 15.2. The van der Waals surface area contributed by atoms with Crippen molar-refractivity contribution >= 4 is 40.9 Å². The van der Waals surface area contributed by atoms with Crippen LogP contribution < -0.4 is 0 Å². The zero-order chi connectivity index (χ0) is 23.0. The number of rotatable bonds is 6. The highest BCUT2D eigenvalue weighted by Crippen LogP contribution is 2.32. The second kappa shape index (κ2) is 9.28. The number of aryl methyl sites for hydroxylation is 1. The first-order valence-electron chi connectivity index (χ1n) is 10.9. The van der Waals surface area contributed by atoms with Crippen molar-refractivity contribution in [2.24, 2.45) is 11.8 Å². The number of aromatic nitrogens is 1. The lowest BCUT2D eigenvalue weighted by atomic mass is 9.96. The van der Waals surface area contributed by atoms with Gasteiger partial charge in [0.15, 0.2) is 6.61 Å². The average molecular weight is 477 g/mol. The molecule has 1 amide bonds. The van der Waals surface area contributed by atoms with Crippen LogP contribution in [-0.4, -0.2) is 46.8 Å². The van der Waals surface area contributed by atoms with Crippen LogP contribution >= 0.6 is 23.2 Å². The topological polar surface area (TPSA) is 68.6 Å².